The third-order valence-corrected chi connectivity index (χ3v) is 9.87. The third kappa shape index (κ3) is 5.13. The minimum Gasteiger partial charge on any atom is -0.399 e. The molecule has 5 aromatic carbocycles. The Hall–Kier alpha value is -5.10. The normalized spacial score (nSPS) is 15.4. The SMILES string of the molecule is CC1(C)OB(c2cc(-c3ccccc3-c3cncc4ccccc34)cc(-c3ccccc3-c3cncc4ccccc34)c2)OC1(C)C. The second-order valence-electron chi connectivity index (χ2n) is 13.3. The largest absolute Gasteiger partial charge is 0.494 e. The number of hydrogen-bond donors (Lipinski definition) is 0. The smallest absolute Gasteiger partial charge is 0.399 e. The van der Waals surface area contributed by atoms with E-state index in [1.54, 1.807) is 0 Å². The van der Waals surface area contributed by atoms with Gasteiger partial charge in [0, 0.05) is 46.7 Å². The molecule has 0 bridgehead atoms. The van der Waals surface area contributed by atoms with Crippen LogP contribution in [0.5, 0.6) is 0 Å². The Bertz CT molecular complexity index is 2130. The molecule has 8 rings (SSSR count). The maximum absolute atomic E-state index is 6.63. The minimum atomic E-state index is -0.517. The van der Waals surface area contributed by atoms with Crippen LogP contribution in [0.2, 0.25) is 0 Å². The van der Waals surface area contributed by atoms with Crippen molar-refractivity contribution in [1.29, 1.82) is 0 Å². The summed E-state index contributed by atoms with van der Waals surface area (Å²) in [6.07, 6.45) is 7.81. The number of pyridine rings is 2. The van der Waals surface area contributed by atoms with Gasteiger partial charge in [-0.3, -0.25) is 9.97 Å². The summed E-state index contributed by atoms with van der Waals surface area (Å²) in [7, 11) is -0.517. The van der Waals surface area contributed by atoms with E-state index in [4.69, 9.17) is 9.31 Å². The van der Waals surface area contributed by atoms with Crippen molar-refractivity contribution in [3.05, 3.63) is 140 Å². The van der Waals surface area contributed by atoms with Gasteiger partial charge < -0.3 is 9.31 Å². The molecule has 3 heterocycles. The highest BCUT2D eigenvalue weighted by Gasteiger charge is 2.51. The van der Waals surface area contributed by atoms with Crippen LogP contribution >= 0.6 is 0 Å². The maximum atomic E-state index is 6.63. The molecule has 2 aromatic heterocycles. The van der Waals surface area contributed by atoms with Crippen LogP contribution in [0.1, 0.15) is 27.7 Å². The predicted octanol–water partition coefficient (Wildman–Crippen LogP) is 9.75. The molecule has 0 atom stereocenters. The fraction of sp³-hybridized carbons (Fsp3) is 0.143. The first-order chi connectivity index (χ1) is 22.8. The van der Waals surface area contributed by atoms with Crippen molar-refractivity contribution in [2.75, 3.05) is 0 Å². The molecule has 0 radical (unpaired) electrons. The highest BCUT2D eigenvalue weighted by molar-refractivity contribution is 6.62. The quantitative estimate of drug-likeness (QED) is 0.182. The van der Waals surface area contributed by atoms with Gasteiger partial charge in [0.2, 0.25) is 0 Å². The molecule has 0 N–H and O–H groups in total. The van der Waals surface area contributed by atoms with Gasteiger partial charge in [0.1, 0.15) is 0 Å². The summed E-state index contributed by atoms with van der Waals surface area (Å²) in [5, 5.41) is 4.57. The first kappa shape index (κ1) is 29.3. The topological polar surface area (TPSA) is 44.2 Å². The number of nitrogens with zero attached hydrogens (tertiary/aromatic N) is 2. The molecule has 1 saturated heterocycles. The Morgan fingerprint density at radius 3 is 1.32 bits per heavy atom. The van der Waals surface area contributed by atoms with Crippen LogP contribution in [0.25, 0.3) is 66.1 Å². The van der Waals surface area contributed by atoms with E-state index in [0.717, 1.165) is 60.7 Å². The second kappa shape index (κ2) is 11.3. The van der Waals surface area contributed by atoms with Crippen molar-refractivity contribution in [3.8, 4) is 44.5 Å². The minimum absolute atomic E-state index is 0.465. The number of hydrogen-bond acceptors (Lipinski definition) is 4. The van der Waals surface area contributed by atoms with Crippen molar-refractivity contribution in [2.24, 2.45) is 0 Å². The van der Waals surface area contributed by atoms with Gasteiger partial charge >= 0.3 is 7.12 Å². The zero-order valence-electron chi connectivity index (χ0n) is 27.1. The van der Waals surface area contributed by atoms with Crippen LogP contribution in [0, 0.1) is 0 Å². The molecule has 1 aliphatic rings. The molecule has 7 aromatic rings. The molecule has 4 nitrogen and oxygen atoms in total. The van der Waals surface area contributed by atoms with Crippen molar-refractivity contribution >= 4 is 34.1 Å². The first-order valence-electron chi connectivity index (χ1n) is 16.1. The monoisotopic (exact) mass is 610 g/mol. The lowest BCUT2D eigenvalue weighted by molar-refractivity contribution is 0.00578. The Morgan fingerprint density at radius 1 is 0.447 bits per heavy atom. The van der Waals surface area contributed by atoms with Gasteiger partial charge in [0.15, 0.2) is 0 Å². The second-order valence-corrected chi connectivity index (χ2v) is 13.3. The van der Waals surface area contributed by atoms with Gasteiger partial charge in [-0.05, 0) is 83.4 Å². The number of benzene rings is 5. The summed E-state index contributed by atoms with van der Waals surface area (Å²) in [5.41, 5.74) is 8.91. The lowest BCUT2D eigenvalue weighted by atomic mass is 9.75. The van der Waals surface area contributed by atoms with E-state index in [1.807, 2.05) is 24.8 Å². The van der Waals surface area contributed by atoms with E-state index < -0.39 is 18.3 Å². The van der Waals surface area contributed by atoms with Gasteiger partial charge in [0.05, 0.1) is 11.2 Å². The predicted molar refractivity (Wildman–Crippen MR) is 195 cm³/mol. The van der Waals surface area contributed by atoms with Gasteiger partial charge in [-0.15, -0.1) is 0 Å². The zero-order valence-corrected chi connectivity index (χ0v) is 27.1. The van der Waals surface area contributed by atoms with Crippen LogP contribution in [-0.2, 0) is 9.31 Å². The summed E-state index contributed by atoms with van der Waals surface area (Å²) in [6, 6.07) is 40.8. The summed E-state index contributed by atoms with van der Waals surface area (Å²) in [5.74, 6) is 0. The van der Waals surface area contributed by atoms with Gasteiger partial charge in [-0.1, -0.05) is 109 Å². The molecule has 1 fully saturated rings. The van der Waals surface area contributed by atoms with Crippen LogP contribution in [0.15, 0.2) is 140 Å². The first-order valence-corrected chi connectivity index (χ1v) is 16.1. The number of rotatable bonds is 5. The van der Waals surface area contributed by atoms with Crippen LogP contribution in [-0.4, -0.2) is 28.3 Å². The van der Waals surface area contributed by atoms with E-state index in [-0.39, 0.29) is 0 Å². The fourth-order valence-electron chi connectivity index (χ4n) is 6.68. The molecule has 0 aliphatic carbocycles. The molecule has 5 heteroatoms. The average Bonchev–Trinajstić information content (AvgIpc) is 3.33. The van der Waals surface area contributed by atoms with Gasteiger partial charge in [0.25, 0.3) is 0 Å². The molecule has 1 aliphatic heterocycles. The van der Waals surface area contributed by atoms with E-state index >= 15 is 0 Å². The summed E-state index contributed by atoms with van der Waals surface area (Å²) < 4.78 is 13.3. The molecule has 0 spiro atoms. The Balaban J connectivity index is 1.36. The molecule has 0 saturated carbocycles. The van der Waals surface area contributed by atoms with E-state index in [1.165, 1.54) is 10.8 Å². The standard InChI is InChI=1S/C42H35BN2O2/c1-41(2)42(3,4)47-43(46-41)32-22-30(35-17-9-11-19-37(35)39-26-44-24-28-13-5-7-15-33(28)39)21-31(23-32)36-18-10-12-20-38(36)40-27-45-25-29-14-6-8-16-34(29)40/h5-27H,1-4H3. The molecule has 0 unspecified atom stereocenters. The molecule has 0 amide bonds. The van der Waals surface area contributed by atoms with Crippen LogP contribution < -0.4 is 5.46 Å². The Kier molecular flexibility index (Phi) is 7.05. The summed E-state index contributed by atoms with van der Waals surface area (Å²) in [6.45, 7) is 8.40. The third-order valence-electron chi connectivity index (χ3n) is 9.87. The zero-order chi connectivity index (χ0) is 32.2. The summed E-state index contributed by atoms with van der Waals surface area (Å²) in [4.78, 5) is 9.25. The fourth-order valence-corrected chi connectivity index (χ4v) is 6.68. The highest BCUT2D eigenvalue weighted by Crippen LogP contribution is 2.41. The van der Waals surface area contributed by atoms with Crippen molar-refractivity contribution in [1.82, 2.24) is 9.97 Å². The van der Waals surface area contributed by atoms with Crippen molar-refractivity contribution in [2.45, 2.75) is 38.9 Å². The van der Waals surface area contributed by atoms with Gasteiger partial charge in [-0.25, -0.2) is 0 Å². The lowest BCUT2D eigenvalue weighted by Gasteiger charge is -2.32. The molecular weight excluding hydrogens is 575 g/mol. The van der Waals surface area contributed by atoms with E-state index in [0.29, 0.717) is 0 Å². The van der Waals surface area contributed by atoms with Crippen molar-refractivity contribution in [3.63, 3.8) is 0 Å². The molecule has 47 heavy (non-hydrogen) atoms. The highest BCUT2D eigenvalue weighted by atomic mass is 16.7. The lowest BCUT2D eigenvalue weighted by Crippen LogP contribution is -2.41. The Morgan fingerprint density at radius 2 is 0.851 bits per heavy atom. The Labute approximate surface area is 276 Å². The maximum Gasteiger partial charge on any atom is 0.494 e. The number of aromatic nitrogens is 2. The van der Waals surface area contributed by atoms with E-state index in [2.05, 4.69) is 153 Å². The van der Waals surface area contributed by atoms with Crippen LogP contribution in [0.4, 0.5) is 0 Å². The van der Waals surface area contributed by atoms with Crippen LogP contribution in [0.3, 0.4) is 0 Å². The summed E-state index contributed by atoms with van der Waals surface area (Å²) >= 11 is 0. The molecule has 228 valence electrons. The van der Waals surface area contributed by atoms with Crippen molar-refractivity contribution < 1.29 is 9.31 Å². The van der Waals surface area contributed by atoms with Gasteiger partial charge in [-0.2, -0.15) is 0 Å². The molecular formula is C42H35BN2O2. The number of fused-ring (bicyclic) bond motifs is 2. The average molecular weight is 611 g/mol. The van der Waals surface area contributed by atoms with E-state index in [9.17, 15) is 0 Å².